The molecule has 1 heterocycles. The Morgan fingerprint density at radius 2 is 2.24 bits per heavy atom. The summed E-state index contributed by atoms with van der Waals surface area (Å²) in [6.45, 7) is 0.667. The predicted octanol–water partition coefficient (Wildman–Crippen LogP) is 2.24. The Labute approximate surface area is 127 Å². The van der Waals surface area contributed by atoms with Crippen molar-refractivity contribution in [3.63, 3.8) is 0 Å². The van der Waals surface area contributed by atoms with Gasteiger partial charge in [-0.3, -0.25) is 4.79 Å². The van der Waals surface area contributed by atoms with E-state index in [0.29, 0.717) is 13.0 Å². The number of amides is 1. The van der Waals surface area contributed by atoms with Gasteiger partial charge in [-0.1, -0.05) is 11.6 Å². The number of halogens is 2. The van der Waals surface area contributed by atoms with E-state index in [1.165, 1.54) is 6.07 Å². The van der Waals surface area contributed by atoms with Crippen molar-refractivity contribution in [3.05, 3.63) is 29.0 Å². The molecule has 0 aromatic heterocycles. The number of carbonyl (C=O) groups is 1. The number of carbonyl (C=O) groups excluding carboxylic acids is 1. The molecule has 21 heavy (non-hydrogen) atoms. The number of ether oxygens (including phenoxy) is 1. The molecule has 2 rings (SSSR count). The van der Waals surface area contributed by atoms with Crippen LogP contribution in [0.2, 0.25) is 5.02 Å². The molecule has 1 aromatic rings. The number of hydrogen-bond acceptors (Lipinski definition) is 4. The van der Waals surface area contributed by atoms with Gasteiger partial charge in [-0.2, -0.15) is 0 Å². The Kier molecular flexibility index (Phi) is 5.18. The SMILES string of the molecule is O=C(CC[C@@H]1CCCO1)NS(=O)(=O)c1ccc(Cl)cc1F. The van der Waals surface area contributed by atoms with Gasteiger partial charge >= 0.3 is 0 Å². The number of sulfonamides is 1. The van der Waals surface area contributed by atoms with E-state index in [2.05, 4.69) is 0 Å². The zero-order valence-corrected chi connectivity index (χ0v) is 12.7. The van der Waals surface area contributed by atoms with E-state index in [1.807, 2.05) is 4.72 Å². The van der Waals surface area contributed by atoms with Crippen molar-refractivity contribution in [1.29, 1.82) is 0 Å². The molecule has 1 aliphatic heterocycles. The van der Waals surface area contributed by atoms with Crippen molar-refractivity contribution in [3.8, 4) is 0 Å². The van der Waals surface area contributed by atoms with E-state index in [4.69, 9.17) is 16.3 Å². The maximum atomic E-state index is 13.6. The summed E-state index contributed by atoms with van der Waals surface area (Å²) in [6.07, 6.45) is 2.27. The van der Waals surface area contributed by atoms with Gasteiger partial charge in [0, 0.05) is 18.1 Å². The lowest BCUT2D eigenvalue weighted by atomic mass is 10.1. The van der Waals surface area contributed by atoms with Crippen LogP contribution in [0.15, 0.2) is 23.1 Å². The molecule has 1 saturated heterocycles. The van der Waals surface area contributed by atoms with E-state index in [0.717, 1.165) is 25.0 Å². The number of benzene rings is 1. The van der Waals surface area contributed by atoms with Crippen molar-refractivity contribution in [1.82, 2.24) is 4.72 Å². The largest absolute Gasteiger partial charge is 0.378 e. The fraction of sp³-hybridized carbons (Fsp3) is 0.462. The Morgan fingerprint density at radius 1 is 1.48 bits per heavy atom. The molecule has 0 aliphatic carbocycles. The van der Waals surface area contributed by atoms with E-state index >= 15 is 0 Å². The minimum absolute atomic E-state index is 0.00859. The van der Waals surface area contributed by atoms with Gasteiger partial charge in [-0.05, 0) is 37.5 Å². The van der Waals surface area contributed by atoms with Crippen LogP contribution in [0.4, 0.5) is 4.39 Å². The minimum Gasteiger partial charge on any atom is -0.378 e. The Bertz CT molecular complexity index is 629. The number of rotatable bonds is 5. The van der Waals surface area contributed by atoms with Crippen LogP contribution in [-0.4, -0.2) is 27.0 Å². The normalized spacial score (nSPS) is 18.7. The van der Waals surface area contributed by atoms with Crippen LogP contribution < -0.4 is 4.72 Å². The summed E-state index contributed by atoms with van der Waals surface area (Å²) in [4.78, 5) is 11.1. The van der Waals surface area contributed by atoms with Crippen molar-refractivity contribution in [2.75, 3.05) is 6.61 Å². The topological polar surface area (TPSA) is 72.5 Å². The quantitative estimate of drug-likeness (QED) is 0.895. The highest BCUT2D eigenvalue weighted by molar-refractivity contribution is 7.90. The lowest BCUT2D eigenvalue weighted by Gasteiger charge is -2.10. The molecule has 1 amide bonds. The molecule has 1 atom stereocenters. The summed E-state index contributed by atoms with van der Waals surface area (Å²) >= 11 is 5.56. The van der Waals surface area contributed by atoms with Crippen LogP contribution in [0.25, 0.3) is 0 Å². The predicted molar refractivity (Wildman–Crippen MR) is 74.9 cm³/mol. The molecule has 0 saturated carbocycles. The van der Waals surface area contributed by atoms with Gasteiger partial charge in [0.25, 0.3) is 10.0 Å². The molecule has 1 aliphatic rings. The van der Waals surface area contributed by atoms with Crippen molar-refractivity contribution < 1.29 is 22.3 Å². The van der Waals surface area contributed by atoms with E-state index in [1.54, 1.807) is 0 Å². The third-order valence-corrected chi connectivity index (χ3v) is 4.79. The Morgan fingerprint density at radius 3 is 2.86 bits per heavy atom. The highest BCUT2D eigenvalue weighted by Gasteiger charge is 2.23. The minimum atomic E-state index is -4.23. The Balaban J connectivity index is 1.97. The summed E-state index contributed by atoms with van der Waals surface area (Å²) in [7, 11) is -4.23. The summed E-state index contributed by atoms with van der Waals surface area (Å²) < 4.78 is 44.6. The average Bonchev–Trinajstić information content (AvgIpc) is 2.88. The van der Waals surface area contributed by atoms with E-state index in [9.17, 15) is 17.6 Å². The second-order valence-electron chi connectivity index (χ2n) is 4.78. The van der Waals surface area contributed by atoms with Crippen molar-refractivity contribution >= 4 is 27.5 Å². The van der Waals surface area contributed by atoms with Crippen LogP contribution in [-0.2, 0) is 19.6 Å². The first-order valence-electron chi connectivity index (χ1n) is 6.51. The molecule has 8 heteroatoms. The highest BCUT2D eigenvalue weighted by atomic mass is 35.5. The highest BCUT2D eigenvalue weighted by Crippen LogP contribution is 2.20. The third kappa shape index (κ3) is 4.39. The summed E-state index contributed by atoms with van der Waals surface area (Å²) in [5.74, 6) is -1.68. The molecule has 1 aromatic carbocycles. The van der Waals surface area contributed by atoms with Gasteiger partial charge < -0.3 is 4.74 Å². The zero-order chi connectivity index (χ0) is 15.5. The van der Waals surface area contributed by atoms with Crippen LogP contribution in [0.3, 0.4) is 0 Å². The Hall–Kier alpha value is -1.18. The first-order chi connectivity index (χ1) is 9.88. The number of hydrogen-bond donors (Lipinski definition) is 1. The molecule has 1 fully saturated rings. The molecule has 0 spiro atoms. The lowest BCUT2D eigenvalue weighted by molar-refractivity contribution is -0.119. The lowest BCUT2D eigenvalue weighted by Crippen LogP contribution is -2.31. The first kappa shape index (κ1) is 16.2. The maximum Gasteiger partial charge on any atom is 0.266 e. The van der Waals surface area contributed by atoms with Gasteiger partial charge in [-0.15, -0.1) is 0 Å². The molecule has 5 nitrogen and oxygen atoms in total. The van der Waals surface area contributed by atoms with Crippen LogP contribution in [0.1, 0.15) is 25.7 Å². The zero-order valence-electron chi connectivity index (χ0n) is 11.1. The smallest absolute Gasteiger partial charge is 0.266 e. The van der Waals surface area contributed by atoms with E-state index in [-0.39, 0.29) is 17.5 Å². The fourth-order valence-electron chi connectivity index (χ4n) is 2.11. The molecule has 0 bridgehead atoms. The van der Waals surface area contributed by atoms with Gasteiger partial charge in [-0.25, -0.2) is 17.5 Å². The second kappa shape index (κ2) is 6.72. The fourth-order valence-corrected chi connectivity index (χ4v) is 3.35. The van der Waals surface area contributed by atoms with Gasteiger partial charge in [0.1, 0.15) is 10.7 Å². The third-order valence-electron chi connectivity index (χ3n) is 3.15. The van der Waals surface area contributed by atoms with E-state index < -0.39 is 26.6 Å². The maximum absolute atomic E-state index is 13.6. The standard InChI is InChI=1S/C13H15ClFNO4S/c14-9-3-5-12(11(15)8-9)21(18,19)16-13(17)6-4-10-2-1-7-20-10/h3,5,8,10H,1-2,4,6-7H2,(H,16,17)/t10-/m0/s1. The molecular weight excluding hydrogens is 321 g/mol. The van der Waals surface area contributed by atoms with Gasteiger partial charge in [0.15, 0.2) is 0 Å². The van der Waals surface area contributed by atoms with Gasteiger partial charge in [0.05, 0.1) is 6.10 Å². The summed E-state index contributed by atoms with van der Waals surface area (Å²) in [5.41, 5.74) is 0. The molecule has 116 valence electrons. The summed E-state index contributed by atoms with van der Waals surface area (Å²) in [5, 5.41) is 0.0798. The van der Waals surface area contributed by atoms with Crippen LogP contribution in [0, 0.1) is 5.82 Å². The molecule has 0 unspecified atom stereocenters. The van der Waals surface area contributed by atoms with Crippen LogP contribution >= 0.6 is 11.6 Å². The molecule has 0 radical (unpaired) electrons. The van der Waals surface area contributed by atoms with Crippen molar-refractivity contribution in [2.45, 2.75) is 36.7 Å². The van der Waals surface area contributed by atoms with Gasteiger partial charge in [0.2, 0.25) is 5.91 Å². The summed E-state index contributed by atoms with van der Waals surface area (Å²) in [6, 6.07) is 3.15. The van der Waals surface area contributed by atoms with Crippen molar-refractivity contribution in [2.24, 2.45) is 0 Å². The number of nitrogens with one attached hydrogen (secondary N) is 1. The second-order valence-corrected chi connectivity index (χ2v) is 6.86. The molecule has 1 N–H and O–H groups in total. The molecular formula is C13H15ClFNO4S. The monoisotopic (exact) mass is 335 g/mol. The first-order valence-corrected chi connectivity index (χ1v) is 8.37. The average molecular weight is 336 g/mol. The van der Waals surface area contributed by atoms with Crippen LogP contribution in [0.5, 0.6) is 0 Å².